The van der Waals surface area contributed by atoms with E-state index in [1.807, 2.05) is 5.43 Å². The Bertz CT molecular complexity index is 471. The van der Waals surface area contributed by atoms with Crippen LogP contribution in [-0.4, -0.2) is 30.1 Å². The molecular weight excluding hydrogens is 202 g/mol. The van der Waals surface area contributed by atoms with Crippen LogP contribution >= 0.6 is 0 Å². The summed E-state index contributed by atoms with van der Waals surface area (Å²) in [6.45, 7) is 1.61. The lowest BCUT2D eigenvalue weighted by Gasteiger charge is -2.34. The first kappa shape index (κ1) is 8.73. The summed E-state index contributed by atoms with van der Waals surface area (Å²) in [6, 6.07) is 9.06. The molecule has 4 rings (SSSR count). The van der Waals surface area contributed by atoms with Crippen LogP contribution in [0.15, 0.2) is 29.4 Å². The van der Waals surface area contributed by atoms with Gasteiger partial charge < -0.3 is 4.74 Å². The summed E-state index contributed by atoms with van der Waals surface area (Å²) >= 11 is 0. The molecule has 0 aromatic heterocycles. The van der Waals surface area contributed by atoms with Crippen molar-refractivity contribution in [1.29, 1.82) is 0 Å². The standard InChI is InChI=1S/C12H13N3O/c1-2-4-9-8(3-1)5-10-12(9)15-7-13-14-11(15)6-16-10/h1-4,10,12-13H,5-7H2/p+1/t10-,12+/m0/s1. The summed E-state index contributed by atoms with van der Waals surface area (Å²) < 4.78 is 5.91. The Balaban J connectivity index is 1.81. The second-order valence-electron chi connectivity index (χ2n) is 4.58. The minimum absolute atomic E-state index is 0.322. The van der Waals surface area contributed by atoms with E-state index in [2.05, 4.69) is 34.3 Å². The van der Waals surface area contributed by atoms with Gasteiger partial charge in [0.25, 0.3) is 0 Å². The highest BCUT2D eigenvalue weighted by atomic mass is 16.5. The molecule has 1 aliphatic carbocycles. The lowest BCUT2D eigenvalue weighted by Crippen LogP contribution is -2.77. The van der Waals surface area contributed by atoms with Gasteiger partial charge in [-0.1, -0.05) is 29.4 Å². The third-order valence-corrected chi connectivity index (χ3v) is 3.76. The van der Waals surface area contributed by atoms with Crippen molar-refractivity contribution in [2.45, 2.75) is 18.6 Å². The van der Waals surface area contributed by atoms with E-state index in [-0.39, 0.29) is 0 Å². The highest BCUT2D eigenvalue weighted by Crippen LogP contribution is 2.39. The lowest BCUT2D eigenvalue weighted by molar-refractivity contribution is -0.664. The number of nitrogens with zero attached hydrogens (tertiary/aromatic N) is 2. The topological polar surface area (TPSA) is 41.4 Å². The van der Waals surface area contributed by atoms with E-state index in [4.69, 9.17) is 4.74 Å². The van der Waals surface area contributed by atoms with Gasteiger partial charge in [-0.15, -0.1) is 0 Å². The van der Waals surface area contributed by atoms with Crippen LogP contribution < -0.4 is 5.43 Å². The Labute approximate surface area is 93.9 Å². The van der Waals surface area contributed by atoms with Crippen molar-refractivity contribution in [2.24, 2.45) is 5.10 Å². The maximum Gasteiger partial charge on any atom is 0.191 e. The average Bonchev–Trinajstić information content (AvgIpc) is 2.91. The first-order valence-corrected chi connectivity index (χ1v) is 5.78. The third kappa shape index (κ3) is 1.03. The van der Waals surface area contributed by atoms with E-state index < -0.39 is 0 Å². The van der Waals surface area contributed by atoms with Crippen molar-refractivity contribution in [2.75, 3.05) is 13.3 Å². The quantitative estimate of drug-likeness (QED) is 0.612. The summed E-state index contributed by atoms with van der Waals surface area (Å²) in [6.07, 6.45) is 1.37. The third-order valence-electron chi connectivity index (χ3n) is 3.76. The molecule has 3 aliphatic rings. The zero-order valence-electron chi connectivity index (χ0n) is 8.97. The van der Waals surface area contributed by atoms with Crippen LogP contribution in [0.4, 0.5) is 0 Å². The molecule has 16 heavy (non-hydrogen) atoms. The number of hydrogen-bond donors (Lipinski definition) is 1. The lowest BCUT2D eigenvalue weighted by atomic mass is 10.1. The Morgan fingerprint density at radius 3 is 3.31 bits per heavy atom. The molecule has 2 N–H and O–H groups in total. The van der Waals surface area contributed by atoms with E-state index in [1.165, 1.54) is 11.1 Å². The van der Waals surface area contributed by atoms with Gasteiger partial charge in [0.2, 0.25) is 0 Å². The molecule has 0 amide bonds. The molecule has 1 saturated heterocycles. The highest BCUT2D eigenvalue weighted by Gasteiger charge is 2.44. The summed E-state index contributed by atoms with van der Waals surface area (Å²) in [5, 5.41) is 4.38. The predicted octanol–water partition coefficient (Wildman–Crippen LogP) is -0.167. The van der Waals surface area contributed by atoms with Crippen molar-refractivity contribution in [3.63, 3.8) is 0 Å². The predicted molar refractivity (Wildman–Crippen MR) is 58.7 cm³/mol. The molecule has 2 atom stereocenters. The van der Waals surface area contributed by atoms with Gasteiger partial charge in [0, 0.05) is 6.42 Å². The molecule has 0 radical (unpaired) electrons. The fourth-order valence-electron chi connectivity index (χ4n) is 3.05. The van der Waals surface area contributed by atoms with Crippen LogP contribution in [0.2, 0.25) is 0 Å². The van der Waals surface area contributed by atoms with Gasteiger partial charge in [-0.2, -0.15) is 0 Å². The van der Waals surface area contributed by atoms with E-state index in [0.717, 1.165) is 18.9 Å². The van der Waals surface area contributed by atoms with Crippen LogP contribution in [-0.2, 0) is 11.2 Å². The van der Waals surface area contributed by atoms with Crippen molar-refractivity contribution in [1.82, 2.24) is 4.90 Å². The summed E-state index contributed by atoms with van der Waals surface area (Å²) in [7, 11) is 0. The monoisotopic (exact) mass is 216 g/mol. The number of morpholine rings is 1. The smallest absolute Gasteiger partial charge is 0.191 e. The molecule has 2 aliphatic heterocycles. The summed E-state index contributed by atoms with van der Waals surface area (Å²) in [5.41, 5.74) is 4.85. The number of amidine groups is 1. The Morgan fingerprint density at radius 2 is 2.31 bits per heavy atom. The molecule has 1 aromatic rings. The van der Waals surface area contributed by atoms with Crippen LogP contribution in [0.1, 0.15) is 17.2 Å². The molecule has 1 fully saturated rings. The molecule has 0 bridgehead atoms. The second-order valence-corrected chi connectivity index (χ2v) is 4.58. The Kier molecular flexibility index (Phi) is 1.67. The minimum atomic E-state index is 0.322. The summed E-state index contributed by atoms with van der Waals surface area (Å²) in [5.74, 6) is 1.10. The van der Waals surface area contributed by atoms with Gasteiger partial charge in [0.05, 0.1) is 12.1 Å². The average molecular weight is 216 g/mol. The van der Waals surface area contributed by atoms with Crippen molar-refractivity contribution in [3.05, 3.63) is 35.4 Å². The molecule has 0 spiro atoms. The number of hydrogen-bond acceptors (Lipinski definition) is 3. The zero-order chi connectivity index (χ0) is 10.5. The number of benzene rings is 1. The largest absolute Gasteiger partial charge is 0.367 e. The SMILES string of the molecule is c1ccc2c(c1)C[C@@H]1OCC3=N[NH2+]CN3[C@H]21. The van der Waals surface area contributed by atoms with E-state index in [9.17, 15) is 0 Å². The number of ether oxygens (including phenoxy) is 1. The van der Waals surface area contributed by atoms with Crippen molar-refractivity contribution in [3.8, 4) is 0 Å². The maximum absolute atomic E-state index is 5.91. The second kappa shape index (κ2) is 3.06. The van der Waals surface area contributed by atoms with E-state index in [1.54, 1.807) is 0 Å². The number of quaternary nitrogens is 1. The molecule has 4 heteroatoms. The van der Waals surface area contributed by atoms with Crippen molar-refractivity contribution < 1.29 is 10.2 Å². The molecule has 0 saturated carbocycles. The maximum atomic E-state index is 5.91. The van der Waals surface area contributed by atoms with Crippen LogP contribution in [0.25, 0.3) is 0 Å². The molecule has 2 heterocycles. The van der Waals surface area contributed by atoms with Crippen LogP contribution in [0.3, 0.4) is 0 Å². The van der Waals surface area contributed by atoms with Gasteiger partial charge in [-0.05, 0) is 11.1 Å². The minimum Gasteiger partial charge on any atom is -0.367 e. The normalized spacial score (nSPS) is 30.8. The zero-order valence-corrected chi connectivity index (χ0v) is 8.97. The fraction of sp³-hybridized carbons (Fsp3) is 0.417. The number of fused-ring (bicyclic) bond motifs is 5. The fourth-order valence-corrected chi connectivity index (χ4v) is 3.05. The van der Waals surface area contributed by atoms with Gasteiger partial charge in [0.1, 0.15) is 6.61 Å². The van der Waals surface area contributed by atoms with Gasteiger partial charge in [-0.3, -0.25) is 4.90 Å². The first-order chi connectivity index (χ1) is 7.93. The highest BCUT2D eigenvalue weighted by molar-refractivity contribution is 5.84. The molecule has 4 nitrogen and oxygen atoms in total. The van der Waals surface area contributed by atoms with Gasteiger partial charge >= 0.3 is 0 Å². The number of rotatable bonds is 0. The molecule has 0 unspecified atom stereocenters. The Hall–Kier alpha value is -1.39. The van der Waals surface area contributed by atoms with Crippen molar-refractivity contribution >= 4 is 5.84 Å². The van der Waals surface area contributed by atoms with E-state index in [0.29, 0.717) is 18.8 Å². The Morgan fingerprint density at radius 1 is 1.38 bits per heavy atom. The first-order valence-electron chi connectivity index (χ1n) is 5.78. The summed E-state index contributed by atoms with van der Waals surface area (Å²) in [4.78, 5) is 2.39. The molecule has 1 aromatic carbocycles. The van der Waals surface area contributed by atoms with E-state index >= 15 is 0 Å². The van der Waals surface area contributed by atoms with Gasteiger partial charge in [0.15, 0.2) is 12.5 Å². The van der Waals surface area contributed by atoms with Crippen LogP contribution in [0.5, 0.6) is 0 Å². The number of nitrogens with two attached hydrogens (primary N) is 1. The molecular formula is C12H14N3O+. The molecule has 82 valence electrons. The van der Waals surface area contributed by atoms with Gasteiger partial charge in [-0.25, -0.2) is 5.43 Å². The van der Waals surface area contributed by atoms with Crippen LogP contribution in [0, 0.1) is 0 Å².